The molecule has 0 amide bonds. The lowest BCUT2D eigenvalue weighted by atomic mass is 10.1. The van der Waals surface area contributed by atoms with Gasteiger partial charge >= 0.3 is 0 Å². The molecule has 1 saturated heterocycles. The van der Waals surface area contributed by atoms with Gasteiger partial charge in [-0.05, 0) is 13.0 Å². The molecular formula is C10H12BrNO. The average molecular weight is 242 g/mol. The largest absolute Gasteiger partial charge is 0.355 e. The van der Waals surface area contributed by atoms with Crippen molar-refractivity contribution >= 4 is 15.9 Å². The summed E-state index contributed by atoms with van der Waals surface area (Å²) in [6, 6.07) is 8.13. The number of benzene rings is 1. The molecular weight excluding hydrogens is 230 g/mol. The predicted octanol–water partition coefficient (Wildman–Crippen LogP) is 2.24. The van der Waals surface area contributed by atoms with Gasteiger partial charge in [-0.2, -0.15) is 0 Å². The van der Waals surface area contributed by atoms with E-state index in [4.69, 9.17) is 4.74 Å². The van der Waals surface area contributed by atoms with Gasteiger partial charge in [0.1, 0.15) is 5.72 Å². The zero-order valence-corrected chi connectivity index (χ0v) is 9.10. The fourth-order valence-corrected chi connectivity index (χ4v) is 2.28. The van der Waals surface area contributed by atoms with Crippen LogP contribution in [0.3, 0.4) is 0 Å². The van der Waals surface area contributed by atoms with Crippen LogP contribution in [-0.4, -0.2) is 13.2 Å². The Kier molecular flexibility index (Phi) is 2.41. The number of nitrogens with one attached hydrogen (secondary N) is 1. The van der Waals surface area contributed by atoms with Gasteiger partial charge in [-0.1, -0.05) is 34.1 Å². The molecule has 1 aliphatic rings. The van der Waals surface area contributed by atoms with Gasteiger partial charge in [0, 0.05) is 16.6 Å². The lowest BCUT2D eigenvalue weighted by Crippen LogP contribution is -2.34. The molecule has 70 valence electrons. The quantitative estimate of drug-likeness (QED) is 0.815. The molecule has 1 unspecified atom stereocenters. The topological polar surface area (TPSA) is 21.3 Å². The third-order valence-electron chi connectivity index (χ3n) is 2.34. The minimum atomic E-state index is -0.319. The molecule has 2 nitrogen and oxygen atoms in total. The summed E-state index contributed by atoms with van der Waals surface area (Å²) in [7, 11) is 0. The van der Waals surface area contributed by atoms with E-state index in [-0.39, 0.29) is 5.72 Å². The molecule has 1 aromatic rings. The molecule has 3 heteroatoms. The zero-order valence-electron chi connectivity index (χ0n) is 7.51. The smallest absolute Gasteiger partial charge is 0.143 e. The molecule has 1 atom stereocenters. The molecule has 0 aliphatic carbocycles. The summed E-state index contributed by atoms with van der Waals surface area (Å²) in [6.45, 7) is 3.75. The van der Waals surface area contributed by atoms with Crippen LogP contribution in [-0.2, 0) is 10.5 Å². The molecule has 2 rings (SSSR count). The lowest BCUT2D eigenvalue weighted by Gasteiger charge is -2.25. The third kappa shape index (κ3) is 1.64. The Bertz CT molecular complexity index is 308. The molecule has 0 saturated carbocycles. The molecule has 0 aromatic heterocycles. The Balaban J connectivity index is 2.39. The van der Waals surface area contributed by atoms with E-state index < -0.39 is 0 Å². The van der Waals surface area contributed by atoms with Crippen molar-refractivity contribution < 1.29 is 4.74 Å². The Morgan fingerprint density at radius 1 is 1.46 bits per heavy atom. The zero-order chi connectivity index (χ0) is 9.31. The van der Waals surface area contributed by atoms with Crippen molar-refractivity contribution in [1.82, 2.24) is 5.32 Å². The van der Waals surface area contributed by atoms with Crippen LogP contribution in [0.25, 0.3) is 0 Å². The Labute approximate surface area is 86.4 Å². The molecule has 1 N–H and O–H groups in total. The fourth-order valence-electron chi connectivity index (χ4n) is 1.62. The van der Waals surface area contributed by atoms with Crippen LogP contribution in [0, 0.1) is 0 Å². The lowest BCUT2D eigenvalue weighted by molar-refractivity contribution is 0.00187. The monoisotopic (exact) mass is 241 g/mol. The van der Waals surface area contributed by atoms with Crippen LogP contribution in [0.2, 0.25) is 0 Å². The molecule has 13 heavy (non-hydrogen) atoms. The first-order valence-electron chi connectivity index (χ1n) is 4.36. The van der Waals surface area contributed by atoms with Crippen molar-refractivity contribution in [2.75, 3.05) is 13.2 Å². The van der Waals surface area contributed by atoms with Crippen LogP contribution in [0.15, 0.2) is 28.7 Å². The van der Waals surface area contributed by atoms with Gasteiger partial charge in [-0.25, -0.2) is 0 Å². The van der Waals surface area contributed by atoms with E-state index in [1.165, 1.54) is 0 Å². The van der Waals surface area contributed by atoms with E-state index in [2.05, 4.69) is 34.2 Å². The third-order valence-corrected chi connectivity index (χ3v) is 3.03. The van der Waals surface area contributed by atoms with Crippen LogP contribution in [0.5, 0.6) is 0 Å². The van der Waals surface area contributed by atoms with Crippen LogP contribution in [0.4, 0.5) is 0 Å². The van der Waals surface area contributed by atoms with Gasteiger partial charge < -0.3 is 4.74 Å². The number of rotatable bonds is 1. The summed E-state index contributed by atoms with van der Waals surface area (Å²) >= 11 is 3.52. The highest BCUT2D eigenvalue weighted by molar-refractivity contribution is 9.10. The molecule has 0 spiro atoms. The Hall–Kier alpha value is -0.380. The average Bonchev–Trinajstić information content (AvgIpc) is 2.54. The van der Waals surface area contributed by atoms with Crippen molar-refractivity contribution in [3.05, 3.63) is 34.3 Å². The van der Waals surface area contributed by atoms with E-state index in [0.717, 1.165) is 23.2 Å². The number of halogens is 1. The normalized spacial score (nSPS) is 27.8. The minimum Gasteiger partial charge on any atom is -0.355 e. The Morgan fingerprint density at radius 3 is 2.85 bits per heavy atom. The number of hydrogen-bond acceptors (Lipinski definition) is 2. The molecule has 1 aromatic carbocycles. The maximum Gasteiger partial charge on any atom is 0.143 e. The first-order chi connectivity index (χ1) is 6.22. The minimum absolute atomic E-state index is 0.319. The van der Waals surface area contributed by atoms with Crippen molar-refractivity contribution in [2.24, 2.45) is 0 Å². The highest BCUT2D eigenvalue weighted by Gasteiger charge is 2.32. The van der Waals surface area contributed by atoms with Crippen molar-refractivity contribution in [1.29, 1.82) is 0 Å². The second kappa shape index (κ2) is 3.40. The SMILES string of the molecule is CC1(c2ccccc2Br)NCCO1. The second-order valence-electron chi connectivity index (χ2n) is 3.29. The number of hydrogen-bond donors (Lipinski definition) is 1. The van der Waals surface area contributed by atoms with E-state index in [0.29, 0.717) is 0 Å². The number of ether oxygens (including phenoxy) is 1. The van der Waals surface area contributed by atoms with E-state index in [9.17, 15) is 0 Å². The van der Waals surface area contributed by atoms with Crippen LogP contribution >= 0.6 is 15.9 Å². The van der Waals surface area contributed by atoms with E-state index >= 15 is 0 Å². The maximum atomic E-state index is 5.67. The van der Waals surface area contributed by atoms with Gasteiger partial charge in [0.2, 0.25) is 0 Å². The molecule has 1 fully saturated rings. The van der Waals surface area contributed by atoms with Gasteiger partial charge in [0.05, 0.1) is 6.61 Å². The Morgan fingerprint density at radius 2 is 2.23 bits per heavy atom. The highest BCUT2D eigenvalue weighted by atomic mass is 79.9. The summed E-state index contributed by atoms with van der Waals surface area (Å²) in [5.74, 6) is 0. The summed E-state index contributed by atoms with van der Waals surface area (Å²) in [5, 5.41) is 3.34. The van der Waals surface area contributed by atoms with Crippen LogP contribution < -0.4 is 5.32 Å². The standard InChI is InChI=1S/C10H12BrNO/c1-10(12-6-7-13-10)8-4-2-3-5-9(8)11/h2-5,12H,6-7H2,1H3. The van der Waals surface area contributed by atoms with Crippen molar-refractivity contribution in [3.8, 4) is 0 Å². The molecule has 1 aliphatic heterocycles. The van der Waals surface area contributed by atoms with E-state index in [1.54, 1.807) is 0 Å². The first-order valence-corrected chi connectivity index (χ1v) is 5.16. The van der Waals surface area contributed by atoms with Gasteiger partial charge in [-0.15, -0.1) is 0 Å². The summed E-state index contributed by atoms with van der Waals surface area (Å²) in [6.07, 6.45) is 0. The van der Waals surface area contributed by atoms with Crippen molar-refractivity contribution in [3.63, 3.8) is 0 Å². The predicted molar refractivity (Wildman–Crippen MR) is 55.4 cm³/mol. The summed E-state index contributed by atoms with van der Waals surface area (Å²) in [5.41, 5.74) is 0.840. The molecule has 0 bridgehead atoms. The first kappa shape index (κ1) is 9.19. The summed E-state index contributed by atoms with van der Waals surface area (Å²) < 4.78 is 6.76. The summed E-state index contributed by atoms with van der Waals surface area (Å²) in [4.78, 5) is 0. The van der Waals surface area contributed by atoms with Gasteiger partial charge in [-0.3, -0.25) is 5.32 Å². The maximum absolute atomic E-state index is 5.67. The van der Waals surface area contributed by atoms with Crippen LogP contribution in [0.1, 0.15) is 12.5 Å². The van der Waals surface area contributed by atoms with E-state index in [1.807, 2.05) is 18.2 Å². The van der Waals surface area contributed by atoms with Crippen molar-refractivity contribution in [2.45, 2.75) is 12.6 Å². The van der Waals surface area contributed by atoms with Gasteiger partial charge in [0.25, 0.3) is 0 Å². The fraction of sp³-hybridized carbons (Fsp3) is 0.400. The van der Waals surface area contributed by atoms with Gasteiger partial charge in [0.15, 0.2) is 0 Å². The molecule has 0 radical (unpaired) electrons. The highest BCUT2D eigenvalue weighted by Crippen LogP contribution is 2.30. The molecule has 1 heterocycles. The second-order valence-corrected chi connectivity index (χ2v) is 4.14.